The van der Waals surface area contributed by atoms with E-state index >= 15 is 0 Å². The van der Waals surface area contributed by atoms with Gasteiger partial charge < -0.3 is 5.32 Å². The maximum atomic E-state index is 13.0. The predicted octanol–water partition coefficient (Wildman–Crippen LogP) is 3.12. The standard InChI is InChI=1S/C17H16FN5/c18-15-7-5-14(6-8-15)16-12-21-23-17(22-16)20-10-2-4-13-3-1-9-19-11-13/h1,3,5-9,11-12H,2,4,10H2,(H,20,22,23). The summed E-state index contributed by atoms with van der Waals surface area (Å²) >= 11 is 0. The van der Waals surface area contributed by atoms with E-state index in [4.69, 9.17) is 0 Å². The van der Waals surface area contributed by atoms with Gasteiger partial charge in [-0.05, 0) is 48.7 Å². The lowest BCUT2D eigenvalue weighted by atomic mass is 10.1. The largest absolute Gasteiger partial charge is 0.353 e. The van der Waals surface area contributed by atoms with Gasteiger partial charge in [0.1, 0.15) is 5.82 Å². The molecule has 6 heteroatoms. The molecule has 0 aliphatic carbocycles. The molecule has 23 heavy (non-hydrogen) atoms. The monoisotopic (exact) mass is 309 g/mol. The molecule has 0 aliphatic heterocycles. The van der Waals surface area contributed by atoms with Gasteiger partial charge in [-0.25, -0.2) is 9.37 Å². The lowest BCUT2D eigenvalue weighted by Crippen LogP contribution is -2.07. The van der Waals surface area contributed by atoms with Gasteiger partial charge in [0.25, 0.3) is 0 Å². The highest BCUT2D eigenvalue weighted by Crippen LogP contribution is 2.17. The maximum absolute atomic E-state index is 13.0. The van der Waals surface area contributed by atoms with E-state index in [9.17, 15) is 4.39 Å². The van der Waals surface area contributed by atoms with Crippen LogP contribution < -0.4 is 5.32 Å². The van der Waals surface area contributed by atoms with Gasteiger partial charge in [-0.3, -0.25) is 4.98 Å². The van der Waals surface area contributed by atoms with Crippen molar-refractivity contribution in [3.63, 3.8) is 0 Å². The van der Waals surface area contributed by atoms with Crippen molar-refractivity contribution in [2.75, 3.05) is 11.9 Å². The van der Waals surface area contributed by atoms with E-state index in [1.165, 1.54) is 17.7 Å². The first-order valence-corrected chi connectivity index (χ1v) is 7.40. The van der Waals surface area contributed by atoms with Crippen LogP contribution in [-0.2, 0) is 6.42 Å². The summed E-state index contributed by atoms with van der Waals surface area (Å²) in [5.74, 6) is 0.197. The molecule has 0 bridgehead atoms. The Hall–Kier alpha value is -2.89. The minimum Gasteiger partial charge on any atom is -0.353 e. The number of aromatic nitrogens is 4. The molecular weight excluding hydrogens is 293 g/mol. The molecule has 0 radical (unpaired) electrons. The molecule has 0 aliphatic rings. The molecule has 1 N–H and O–H groups in total. The molecule has 1 aromatic carbocycles. The van der Waals surface area contributed by atoms with E-state index in [-0.39, 0.29) is 5.82 Å². The first-order valence-electron chi connectivity index (χ1n) is 7.40. The second kappa shape index (κ2) is 7.40. The van der Waals surface area contributed by atoms with E-state index in [2.05, 4.69) is 31.5 Å². The summed E-state index contributed by atoms with van der Waals surface area (Å²) in [5, 5.41) is 11.1. The second-order valence-electron chi connectivity index (χ2n) is 5.06. The van der Waals surface area contributed by atoms with Gasteiger partial charge in [-0.1, -0.05) is 6.07 Å². The van der Waals surface area contributed by atoms with Crippen molar-refractivity contribution in [3.05, 3.63) is 66.4 Å². The van der Waals surface area contributed by atoms with Crippen LogP contribution in [-0.4, -0.2) is 26.7 Å². The lowest BCUT2D eigenvalue weighted by molar-refractivity contribution is 0.628. The molecule has 0 amide bonds. The molecule has 2 heterocycles. The van der Waals surface area contributed by atoms with Crippen molar-refractivity contribution >= 4 is 5.95 Å². The van der Waals surface area contributed by atoms with Crippen molar-refractivity contribution in [1.29, 1.82) is 0 Å². The molecule has 0 saturated carbocycles. The zero-order chi connectivity index (χ0) is 15.9. The molecule has 0 fully saturated rings. The van der Waals surface area contributed by atoms with E-state index in [1.807, 2.05) is 12.3 Å². The van der Waals surface area contributed by atoms with Crippen LogP contribution in [0.4, 0.5) is 10.3 Å². The van der Waals surface area contributed by atoms with Gasteiger partial charge in [0.2, 0.25) is 5.95 Å². The quantitative estimate of drug-likeness (QED) is 0.709. The molecule has 0 atom stereocenters. The van der Waals surface area contributed by atoms with Crippen molar-refractivity contribution in [3.8, 4) is 11.3 Å². The number of anilines is 1. The van der Waals surface area contributed by atoms with E-state index in [1.54, 1.807) is 24.5 Å². The summed E-state index contributed by atoms with van der Waals surface area (Å²) in [6.07, 6.45) is 7.07. The summed E-state index contributed by atoms with van der Waals surface area (Å²) in [5.41, 5.74) is 2.67. The average Bonchev–Trinajstić information content (AvgIpc) is 2.61. The highest BCUT2D eigenvalue weighted by molar-refractivity contribution is 5.58. The third kappa shape index (κ3) is 4.29. The smallest absolute Gasteiger partial charge is 0.243 e. The fourth-order valence-electron chi connectivity index (χ4n) is 2.18. The molecule has 0 spiro atoms. The van der Waals surface area contributed by atoms with Gasteiger partial charge in [0.05, 0.1) is 11.9 Å². The van der Waals surface area contributed by atoms with Gasteiger partial charge in [-0.15, -0.1) is 5.10 Å². The highest BCUT2D eigenvalue weighted by Gasteiger charge is 2.03. The van der Waals surface area contributed by atoms with Crippen molar-refractivity contribution in [2.24, 2.45) is 0 Å². The van der Waals surface area contributed by atoms with E-state index in [0.717, 1.165) is 24.9 Å². The summed E-state index contributed by atoms with van der Waals surface area (Å²) < 4.78 is 13.0. The van der Waals surface area contributed by atoms with Crippen LogP contribution in [0, 0.1) is 5.82 Å². The van der Waals surface area contributed by atoms with E-state index in [0.29, 0.717) is 11.6 Å². The molecule has 5 nitrogen and oxygen atoms in total. The Morgan fingerprint density at radius 1 is 1.04 bits per heavy atom. The number of aryl methyl sites for hydroxylation is 1. The topological polar surface area (TPSA) is 63.6 Å². The third-order valence-corrected chi connectivity index (χ3v) is 3.35. The SMILES string of the molecule is Fc1ccc(-c2cnnc(NCCCc3cccnc3)n2)cc1. The van der Waals surface area contributed by atoms with Crippen LogP contribution in [0.25, 0.3) is 11.3 Å². The first-order chi connectivity index (χ1) is 11.3. The number of halogens is 1. The zero-order valence-electron chi connectivity index (χ0n) is 12.5. The highest BCUT2D eigenvalue weighted by atomic mass is 19.1. The van der Waals surface area contributed by atoms with E-state index < -0.39 is 0 Å². The number of nitrogens with zero attached hydrogens (tertiary/aromatic N) is 4. The van der Waals surface area contributed by atoms with Crippen LogP contribution >= 0.6 is 0 Å². The zero-order valence-corrected chi connectivity index (χ0v) is 12.5. The summed E-state index contributed by atoms with van der Waals surface area (Å²) in [6.45, 7) is 0.740. The molecule has 0 saturated heterocycles. The summed E-state index contributed by atoms with van der Waals surface area (Å²) in [4.78, 5) is 8.49. The van der Waals surface area contributed by atoms with Crippen molar-refractivity contribution in [2.45, 2.75) is 12.8 Å². The number of rotatable bonds is 6. The molecule has 2 aromatic heterocycles. The van der Waals surface area contributed by atoms with Gasteiger partial charge in [-0.2, -0.15) is 5.10 Å². The van der Waals surface area contributed by atoms with Crippen LogP contribution in [0.2, 0.25) is 0 Å². The van der Waals surface area contributed by atoms with Crippen LogP contribution in [0.3, 0.4) is 0 Å². The van der Waals surface area contributed by atoms with Crippen LogP contribution in [0.15, 0.2) is 55.0 Å². The van der Waals surface area contributed by atoms with Crippen LogP contribution in [0.5, 0.6) is 0 Å². The Balaban J connectivity index is 1.56. The molecule has 0 unspecified atom stereocenters. The van der Waals surface area contributed by atoms with Gasteiger partial charge in [0, 0.05) is 24.5 Å². The third-order valence-electron chi connectivity index (χ3n) is 3.35. The Labute approximate surface area is 133 Å². The minimum absolute atomic E-state index is 0.274. The van der Waals surface area contributed by atoms with Crippen molar-refractivity contribution < 1.29 is 4.39 Å². The number of pyridine rings is 1. The fraction of sp³-hybridized carbons (Fsp3) is 0.176. The van der Waals surface area contributed by atoms with Gasteiger partial charge in [0.15, 0.2) is 0 Å². The first kappa shape index (κ1) is 15.0. The number of nitrogens with one attached hydrogen (secondary N) is 1. The fourth-order valence-corrected chi connectivity index (χ4v) is 2.18. The van der Waals surface area contributed by atoms with Gasteiger partial charge >= 0.3 is 0 Å². The predicted molar refractivity (Wildman–Crippen MR) is 86.3 cm³/mol. The Morgan fingerprint density at radius 2 is 1.91 bits per heavy atom. The van der Waals surface area contributed by atoms with Crippen LogP contribution in [0.1, 0.15) is 12.0 Å². The summed E-state index contributed by atoms with van der Waals surface area (Å²) in [7, 11) is 0. The number of benzene rings is 1. The molecule has 3 rings (SSSR count). The maximum Gasteiger partial charge on any atom is 0.243 e. The Bertz CT molecular complexity index is 746. The number of hydrogen-bond donors (Lipinski definition) is 1. The molecular formula is C17H16FN5. The van der Waals surface area contributed by atoms with Crippen molar-refractivity contribution in [1.82, 2.24) is 20.2 Å². The average molecular weight is 309 g/mol. The lowest BCUT2D eigenvalue weighted by Gasteiger charge is -2.06. The molecule has 3 aromatic rings. The minimum atomic E-state index is -0.274. The molecule has 116 valence electrons. The Morgan fingerprint density at radius 3 is 2.70 bits per heavy atom. The normalized spacial score (nSPS) is 10.5. The summed E-state index contributed by atoms with van der Waals surface area (Å²) in [6, 6.07) is 10.1. The Kier molecular flexibility index (Phi) is 4.83. The second-order valence-corrected chi connectivity index (χ2v) is 5.06. The number of hydrogen-bond acceptors (Lipinski definition) is 5.